The molecule has 0 aliphatic heterocycles. The summed E-state index contributed by atoms with van der Waals surface area (Å²) in [4.78, 5) is 8.35. The van der Waals surface area contributed by atoms with Crippen molar-refractivity contribution in [3.05, 3.63) is 58.6 Å². The lowest BCUT2D eigenvalue weighted by Gasteiger charge is -2.00. The third-order valence-corrected chi connectivity index (χ3v) is 3.32. The largest absolute Gasteiger partial charge is 0.398 e. The molecule has 2 aromatic heterocycles. The van der Waals surface area contributed by atoms with E-state index >= 15 is 0 Å². The molecule has 1 aromatic carbocycles. The Morgan fingerprint density at radius 3 is 2.70 bits per heavy atom. The zero-order valence-electron chi connectivity index (χ0n) is 10.5. The Morgan fingerprint density at radius 1 is 1.15 bits per heavy atom. The SMILES string of the molecule is Nc1cc(Br)ccc1-c1nc(Cc2ccncc2)no1. The molecule has 5 nitrogen and oxygen atoms in total. The number of nitrogens with zero attached hydrogens (tertiary/aromatic N) is 3. The van der Waals surface area contributed by atoms with Gasteiger partial charge in [0.1, 0.15) is 0 Å². The fourth-order valence-corrected chi connectivity index (χ4v) is 2.23. The summed E-state index contributed by atoms with van der Waals surface area (Å²) in [7, 11) is 0. The van der Waals surface area contributed by atoms with Crippen LogP contribution < -0.4 is 5.73 Å². The molecule has 0 fully saturated rings. The van der Waals surface area contributed by atoms with Crippen LogP contribution in [0.5, 0.6) is 0 Å². The van der Waals surface area contributed by atoms with E-state index in [1.807, 2.05) is 30.3 Å². The van der Waals surface area contributed by atoms with Gasteiger partial charge in [0.2, 0.25) is 0 Å². The zero-order valence-corrected chi connectivity index (χ0v) is 12.0. The summed E-state index contributed by atoms with van der Waals surface area (Å²) in [6, 6.07) is 9.39. The monoisotopic (exact) mass is 330 g/mol. The van der Waals surface area contributed by atoms with Crippen LogP contribution in [0.4, 0.5) is 5.69 Å². The number of aromatic nitrogens is 3. The van der Waals surface area contributed by atoms with Crippen molar-refractivity contribution in [2.75, 3.05) is 5.73 Å². The number of hydrogen-bond acceptors (Lipinski definition) is 5. The summed E-state index contributed by atoms with van der Waals surface area (Å²) in [6.45, 7) is 0. The molecule has 20 heavy (non-hydrogen) atoms. The molecular formula is C14H11BrN4O. The summed E-state index contributed by atoms with van der Waals surface area (Å²) in [5.74, 6) is 1.05. The Kier molecular flexibility index (Phi) is 3.47. The van der Waals surface area contributed by atoms with Crippen molar-refractivity contribution in [2.45, 2.75) is 6.42 Å². The number of hydrogen-bond donors (Lipinski definition) is 1. The van der Waals surface area contributed by atoms with E-state index in [9.17, 15) is 0 Å². The van der Waals surface area contributed by atoms with E-state index in [0.717, 1.165) is 15.6 Å². The zero-order chi connectivity index (χ0) is 13.9. The second-order valence-corrected chi connectivity index (χ2v) is 5.20. The van der Waals surface area contributed by atoms with Crippen LogP contribution in [-0.4, -0.2) is 15.1 Å². The first kappa shape index (κ1) is 12.8. The molecular weight excluding hydrogens is 320 g/mol. The van der Waals surface area contributed by atoms with Gasteiger partial charge in [-0.25, -0.2) is 0 Å². The van der Waals surface area contributed by atoms with E-state index in [4.69, 9.17) is 10.3 Å². The molecule has 3 rings (SSSR count). The number of benzene rings is 1. The van der Waals surface area contributed by atoms with E-state index in [-0.39, 0.29) is 0 Å². The molecule has 0 aliphatic rings. The molecule has 0 saturated carbocycles. The Hall–Kier alpha value is -2.21. The molecule has 3 aromatic rings. The molecule has 0 spiro atoms. The van der Waals surface area contributed by atoms with Gasteiger partial charge in [0.25, 0.3) is 5.89 Å². The summed E-state index contributed by atoms with van der Waals surface area (Å²) < 4.78 is 6.18. The fraction of sp³-hybridized carbons (Fsp3) is 0.0714. The van der Waals surface area contributed by atoms with Gasteiger partial charge in [-0.15, -0.1) is 0 Å². The Bertz CT molecular complexity index is 727. The third-order valence-electron chi connectivity index (χ3n) is 2.82. The van der Waals surface area contributed by atoms with Gasteiger partial charge in [-0.3, -0.25) is 4.98 Å². The Balaban J connectivity index is 1.87. The average Bonchev–Trinajstić information content (AvgIpc) is 2.88. The number of anilines is 1. The predicted molar refractivity (Wildman–Crippen MR) is 78.9 cm³/mol. The molecule has 0 amide bonds. The summed E-state index contributed by atoms with van der Waals surface area (Å²) in [5.41, 5.74) is 8.36. The molecule has 0 aliphatic carbocycles. The van der Waals surface area contributed by atoms with Gasteiger partial charge in [-0.2, -0.15) is 4.98 Å². The van der Waals surface area contributed by atoms with Crippen LogP contribution in [0.2, 0.25) is 0 Å². The maximum Gasteiger partial charge on any atom is 0.260 e. The van der Waals surface area contributed by atoms with E-state index in [1.54, 1.807) is 12.4 Å². The Morgan fingerprint density at radius 2 is 1.95 bits per heavy atom. The first-order valence-corrected chi connectivity index (χ1v) is 6.78. The minimum atomic E-state index is 0.430. The number of rotatable bonds is 3. The van der Waals surface area contributed by atoms with Gasteiger partial charge >= 0.3 is 0 Å². The van der Waals surface area contributed by atoms with Crippen molar-refractivity contribution < 1.29 is 4.52 Å². The lowest BCUT2D eigenvalue weighted by atomic mass is 10.2. The van der Waals surface area contributed by atoms with Crippen molar-refractivity contribution in [1.29, 1.82) is 0 Å². The van der Waals surface area contributed by atoms with Crippen LogP contribution in [0, 0.1) is 0 Å². The van der Waals surface area contributed by atoms with Crippen LogP contribution in [0.15, 0.2) is 51.7 Å². The number of nitrogen functional groups attached to an aromatic ring is 1. The third kappa shape index (κ3) is 2.70. The van der Waals surface area contributed by atoms with Crippen molar-refractivity contribution in [3.8, 4) is 11.5 Å². The highest BCUT2D eigenvalue weighted by atomic mass is 79.9. The first-order valence-electron chi connectivity index (χ1n) is 5.99. The standard InChI is InChI=1S/C14H11BrN4O/c15-10-1-2-11(12(16)8-10)14-18-13(19-20-14)7-9-3-5-17-6-4-9/h1-6,8H,7,16H2. The topological polar surface area (TPSA) is 77.8 Å². The number of halogens is 1. The van der Waals surface area contributed by atoms with E-state index in [0.29, 0.717) is 23.8 Å². The number of nitrogens with two attached hydrogens (primary N) is 1. The van der Waals surface area contributed by atoms with Crippen LogP contribution in [0.3, 0.4) is 0 Å². The molecule has 0 atom stereocenters. The summed E-state index contributed by atoms with van der Waals surface area (Å²) in [6.07, 6.45) is 4.08. The predicted octanol–water partition coefficient (Wildman–Crippen LogP) is 3.07. The van der Waals surface area contributed by atoms with Crippen LogP contribution in [-0.2, 0) is 6.42 Å². The molecule has 6 heteroatoms. The lowest BCUT2D eigenvalue weighted by Crippen LogP contribution is -1.92. The van der Waals surface area contributed by atoms with Crippen LogP contribution >= 0.6 is 15.9 Å². The van der Waals surface area contributed by atoms with Crippen molar-refractivity contribution in [1.82, 2.24) is 15.1 Å². The van der Waals surface area contributed by atoms with Gasteiger partial charge in [-0.1, -0.05) is 21.1 Å². The summed E-state index contributed by atoms with van der Waals surface area (Å²) >= 11 is 3.37. The minimum absolute atomic E-state index is 0.430. The number of pyridine rings is 1. The molecule has 2 heterocycles. The van der Waals surface area contributed by atoms with E-state index in [2.05, 4.69) is 31.1 Å². The van der Waals surface area contributed by atoms with Crippen molar-refractivity contribution in [3.63, 3.8) is 0 Å². The smallest absolute Gasteiger partial charge is 0.260 e. The highest BCUT2D eigenvalue weighted by Crippen LogP contribution is 2.27. The van der Waals surface area contributed by atoms with Crippen LogP contribution in [0.1, 0.15) is 11.4 Å². The highest BCUT2D eigenvalue weighted by molar-refractivity contribution is 9.10. The van der Waals surface area contributed by atoms with Gasteiger partial charge in [0.05, 0.1) is 5.56 Å². The lowest BCUT2D eigenvalue weighted by molar-refractivity contribution is 0.424. The minimum Gasteiger partial charge on any atom is -0.398 e. The van der Waals surface area contributed by atoms with Crippen molar-refractivity contribution >= 4 is 21.6 Å². The van der Waals surface area contributed by atoms with E-state index < -0.39 is 0 Å². The molecule has 0 unspecified atom stereocenters. The van der Waals surface area contributed by atoms with Crippen molar-refractivity contribution in [2.24, 2.45) is 0 Å². The molecule has 0 saturated heterocycles. The quantitative estimate of drug-likeness (QED) is 0.746. The van der Waals surface area contributed by atoms with Crippen LogP contribution in [0.25, 0.3) is 11.5 Å². The van der Waals surface area contributed by atoms with Gasteiger partial charge in [0.15, 0.2) is 5.82 Å². The molecule has 100 valence electrons. The maximum absolute atomic E-state index is 5.95. The van der Waals surface area contributed by atoms with Gasteiger partial charge < -0.3 is 10.3 Å². The average molecular weight is 331 g/mol. The molecule has 2 N–H and O–H groups in total. The maximum atomic E-state index is 5.95. The first-order chi connectivity index (χ1) is 9.72. The second kappa shape index (κ2) is 5.42. The van der Waals surface area contributed by atoms with Gasteiger partial charge in [-0.05, 0) is 35.9 Å². The normalized spacial score (nSPS) is 10.7. The van der Waals surface area contributed by atoms with Gasteiger partial charge in [0, 0.05) is 29.0 Å². The van der Waals surface area contributed by atoms with E-state index in [1.165, 1.54) is 0 Å². The fourth-order valence-electron chi connectivity index (χ4n) is 1.85. The molecule has 0 radical (unpaired) electrons. The highest BCUT2D eigenvalue weighted by Gasteiger charge is 2.12. The Labute approximate surface area is 124 Å². The summed E-state index contributed by atoms with van der Waals surface area (Å²) in [5, 5.41) is 3.98. The molecule has 0 bridgehead atoms. The second-order valence-electron chi connectivity index (χ2n) is 4.28.